The molecule has 7 heteroatoms. The molecular formula is C21H22N4O3. The van der Waals surface area contributed by atoms with E-state index in [1.54, 1.807) is 24.0 Å². The average molecular weight is 378 g/mol. The van der Waals surface area contributed by atoms with Crippen molar-refractivity contribution in [2.24, 2.45) is 0 Å². The zero-order valence-corrected chi connectivity index (χ0v) is 15.6. The van der Waals surface area contributed by atoms with Gasteiger partial charge in [-0.2, -0.15) is 0 Å². The summed E-state index contributed by atoms with van der Waals surface area (Å²) < 4.78 is 0. The van der Waals surface area contributed by atoms with E-state index >= 15 is 0 Å². The van der Waals surface area contributed by atoms with Crippen LogP contribution in [0, 0.1) is 0 Å². The molecule has 2 aliphatic heterocycles. The van der Waals surface area contributed by atoms with Crippen LogP contribution in [0.1, 0.15) is 40.9 Å². The number of urea groups is 1. The summed E-state index contributed by atoms with van der Waals surface area (Å²) in [5.74, 6) is -0.125. The first-order valence-corrected chi connectivity index (χ1v) is 9.39. The molecule has 2 heterocycles. The maximum Gasteiger partial charge on any atom is 0.319 e. The van der Waals surface area contributed by atoms with E-state index in [1.807, 2.05) is 30.3 Å². The highest BCUT2D eigenvalue weighted by Crippen LogP contribution is 2.33. The van der Waals surface area contributed by atoms with Gasteiger partial charge in [-0.15, -0.1) is 0 Å². The first kappa shape index (κ1) is 18.0. The van der Waals surface area contributed by atoms with E-state index in [9.17, 15) is 14.4 Å². The Balaban J connectivity index is 1.52. The number of amides is 4. The van der Waals surface area contributed by atoms with Crippen molar-refractivity contribution in [3.63, 3.8) is 0 Å². The molecule has 7 nitrogen and oxygen atoms in total. The monoisotopic (exact) mass is 378 g/mol. The molecule has 0 saturated carbocycles. The predicted molar refractivity (Wildman–Crippen MR) is 106 cm³/mol. The average Bonchev–Trinajstić information content (AvgIpc) is 2.69. The lowest BCUT2D eigenvalue weighted by molar-refractivity contribution is -0.116. The molecule has 4 amide bonds. The lowest BCUT2D eigenvalue weighted by Gasteiger charge is -2.34. The molecule has 0 fully saturated rings. The Labute approximate surface area is 163 Å². The van der Waals surface area contributed by atoms with E-state index in [1.165, 1.54) is 0 Å². The van der Waals surface area contributed by atoms with Crippen LogP contribution in [-0.4, -0.2) is 30.9 Å². The van der Waals surface area contributed by atoms with Crippen molar-refractivity contribution in [2.45, 2.75) is 25.8 Å². The molecule has 28 heavy (non-hydrogen) atoms. The Morgan fingerprint density at radius 3 is 2.79 bits per heavy atom. The van der Waals surface area contributed by atoms with Gasteiger partial charge in [0, 0.05) is 37.0 Å². The summed E-state index contributed by atoms with van der Waals surface area (Å²) >= 11 is 0. The van der Waals surface area contributed by atoms with Gasteiger partial charge in [0.1, 0.15) is 0 Å². The standard InChI is InChI=1S/C21H22N4O3/c1-13(26)25-12-10-18(16-5-2-3-8-19(16)25)24-21(28)23-17-7-4-6-15-14(17)9-11-22-20(15)27/h2-8,18H,9-12H2,1H3,(H,22,27)(H2,23,24,28). The molecule has 4 rings (SSSR count). The van der Waals surface area contributed by atoms with Crippen molar-refractivity contribution in [1.82, 2.24) is 10.6 Å². The summed E-state index contributed by atoms with van der Waals surface area (Å²) in [4.78, 5) is 38.3. The van der Waals surface area contributed by atoms with Crippen LogP contribution in [0.5, 0.6) is 0 Å². The van der Waals surface area contributed by atoms with Crippen molar-refractivity contribution in [3.05, 3.63) is 59.2 Å². The van der Waals surface area contributed by atoms with Gasteiger partial charge in [-0.05, 0) is 42.2 Å². The van der Waals surface area contributed by atoms with E-state index in [4.69, 9.17) is 0 Å². The van der Waals surface area contributed by atoms with E-state index in [0.29, 0.717) is 37.2 Å². The van der Waals surface area contributed by atoms with Gasteiger partial charge in [-0.1, -0.05) is 24.3 Å². The Morgan fingerprint density at radius 1 is 1.14 bits per heavy atom. The molecule has 0 spiro atoms. The van der Waals surface area contributed by atoms with Crippen molar-refractivity contribution in [3.8, 4) is 0 Å². The van der Waals surface area contributed by atoms with Crippen LogP contribution in [0.3, 0.4) is 0 Å². The molecule has 2 aromatic rings. The molecule has 0 saturated heterocycles. The van der Waals surface area contributed by atoms with Crippen molar-refractivity contribution < 1.29 is 14.4 Å². The smallest absolute Gasteiger partial charge is 0.319 e. The van der Waals surface area contributed by atoms with Crippen LogP contribution in [-0.2, 0) is 11.2 Å². The number of hydrogen-bond acceptors (Lipinski definition) is 3. The minimum Gasteiger partial charge on any atom is -0.352 e. The predicted octanol–water partition coefficient (Wildman–Crippen LogP) is 2.59. The highest BCUT2D eigenvalue weighted by Gasteiger charge is 2.28. The largest absolute Gasteiger partial charge is 0.352 e. The second-order valence-electron chi connectivity index (χ2n) is 7.01. The number of fused-ring (bicyclic) bond motifs is 2. The minimum atomic E-state index is -0.324. The molecule has 1 atom stereocenters. The number of hydrogen-bond donors (Lipinski definition) is 3. The zero-order chi connectivity index (χ0) is 19.7. The van der Waals surface area contributed by atoms with Gasteiger partial charge in [0.25, 0.3) is 5.91 Å². The van der Waals surface area contributed by atoms with E-state index in [2.05, 4.69) is 16.0 Å². The third-order valence-corrected chi connectivity index (χ3v) is 5.26. The van der Waals surface area contributed by atoms with Crippen LogP contribution >= 0.6 is 0 Å². The fraction of sp³-hybridized carbons (Fsp3) is 0.286. The molecule has 2 aliphatic rings. The van der Waals surface area contributed by atoms with Gasteiger partial charge in [0.05, 0.1) is 6.04 Å². The molecule has 3 N–H and O–H groups in total. The summed E-state index contributed by atoms with van der Waals surface area (Å²) in [5.41, 5.74) is 3.87. The van der Waals surface area contributed by atoms with Crippen LogP contribution in [0.2, 0.25) is 0 Å². The molecule has 1 unspecified atom stereocenters. The van der Waals surface area contributed by atoms with Gasteiger partial charge in [-0.25, -0.2) is 4.79 Å². The van der Waals surface area contributed by atoms with Crippen molar-refractivity contribution >= 4 is 29.2 Å². The fourth-order valence-electron chi connectivity index (χ4n) is 3.94. The van der Waals surface area contributed by atoms with Crippen LogP contribution < -0.4 is 20.9 Å². The molecule has 0 bridgehead atoms. The molecular weight excluding hydrogens is 356 g/mol. The third-order valence-electron chi connectivity index (χ3n) is 5.26. The van der Waals surface area contributed by atoms with Gasteiger partial charge in [-0.3, -0.25) is 9.59 Å². The first-order chi connectivity index (χ1) is 13.5. The van der Waals surface area contributed by atoms with E-state index in [0.717, 1.165) is 16.8 Å². The summed E-state index contributed by atoms with van der Waals surface area (Å²) in [7, 11) is 0. The fourth-order valence-corrected chi connectivity index (χ4v) is 3.94. The minimum absolute atomic E-state index is 0.00968. The molecule has 144 valence electrons. The Morgan fingerprint density at radius 2 is 1.96 bits per heavy atom. The second-order valence-corrected chi connectivity index (χ2v) is 7.01. The lowest BCUT2D eigenvalue weighted by Crippen LogP contribution is -2.41. The maximum absolute atomic E-state index is 12.7. The topological polar surface area (TPSA) is 90.5 Å². The molecule has 0 aliphatic carbocycles. The normalized spacial score (nSPS) is 17.8. The first-order valence-electron chi connectivity index (χ1n) is 9.39. The van der Waals surface area contributed by atoms with E-state index < -0.39 is 0 Å². The summed E-state index contributed by atoms with van der Waals surface area (Å²) in [6.45, 7) is 2.66. The van der Waals surface area contributed by atoms with Crippen LogP contribution in [0.4, 0.5) is 16.2 Å². The number of benzene rings is 2. The highest BCUT2D eigenvalue weighted by atomic mass is 16.2. The quantitative estimate of drug-likeness (QED) is 0.750. The number of para-hydroxylation sites is 1. The highest BCUT2D eigenvalue weighted by molar-refractivity contribution is 6.00. The molecule has 2 aromatic carbocycles. The molecule has 0 radical (unpaired) electrons. The maximum atomic E-state index is 12.7. The SMILES string of the molecule is CC(=O)N1CCC(NC(=O)Nc2cccc3c2CCNC3=O)c2ccccc21. The summed E-state index contributed by atoms with van der Waals surface area (Å²) in [6.07, 6.45) is 1.32. The summed E-state index contributed by atoms with van der Waals surface area (Å²) in [5, 5.41) is 8.71. The van der Waals surface area contributed by atoms with Crippen molar-refractivity contribution in [2.75, 3.05) is 23.3 Å². The Bertz CT molecular complexity index is 956. The van der Waals surface area contributed by atoms with Crippen molar-refractivity contribution in [1.29, 1.82) is 0 Å². The number of anilines is 2. The van der Waals surface area contributed by atoms with Gasteiger partial charge in [0.15, 0.2) is 0 Å². The number of rotatable bonds is 2. The number of nitrogens with zero attached hydrogens (tertiary/aromatic N) is 1. The summed E-state index contributed by atoms with van der Waals surface area (Å²) in [6, 6.07) is 12.5. The third kappa shape index (κ3) is 3.31. The van der Waals surface area contributed by atoms with Gasteiger partial charge >= 0.3 is 6.03 Å². The number of carbonyl (C=O) groups is 3. The van der Waals surface area contributed by atoms with Gasteiger partial charge in [0.2, 0.25) is 5.91 Å². The van der Waals surface area contributed by atoms with Crippen LogP contribution in [0.25, 0.3) is 0 Å². The Kier molecular flexibility index (Phi) is 4.73. The Hall–Kier alpha value is -3.35. The van der Waals surface area contributed by atoms with E-state index in [-0.39, 0.29) is 23.9 Å². The lowest BCUT2D eigenvalue weighted by atomic mass is 9.96. The van der Waals surface area contributed by atoms with Crippen LogP contribution in [0.15, 0.2) is 42.5 Å². The number of carbonyl (C=O) groups excluding carboxylic acids is 3. The zero-order valence-electron chi connectivity index (χ0n) is 15.6. The van der Waals surface area contributed by atoms with Gasteiger partial charge < -0.3 is 20.9 Å². The second kappa shape index (κ2) is 7.34. The number of nitrogens with one attached hydrogen (secondary N) is 3. The molecule has 0 aromatic heterocycles.